The fourth-order valence-corrected chi connectivity index (χ4v) is 0.918. The molecule has 0 aromatic rings. The lowest BCUT2D eigenvalue weighted by atomic mass is 10.2. The van der Waals surface area contributed by atoms with Gasteiger partial charge in [0, 0.05) is 0 Å². The van der Waals surface area contributed by atoms with Crippen LogP contribution in [0, 0.1) is 0 Å². The van der Waals surface area contributed by atoms with Gasteiger partial charge in [-0.2, -0.15) is 0 Å². The van der Waals surface area contributed by atoms with Crippen molar-refractivity contribution >= 4 is 5.78 Å². The first-order valence-corrected chi connectivity index (χ1v) is 5.40. The SMILES string of the molecule is C=CC(=O)C(O)COCCOCCOCCO. The lowest BCUT2D eigenvalue weighted by molar-refractivity contribution is -0.125. The summed E-state index contributed by atoms with van der Waals surface area (Å²) < 4.78 is 15.1. The van der Waals surface area contributed by atoms with Crippen molar-refractivity contribution in [2.24, 2.45) is 0 Å². The van der Waals surface area contributed by atoms with Crippen molar-refractivity contribution in [1.29, 1.82) is 0 Å². The normalized spacial score (nSPS) is 12.4. The van der Waals surface area contributed by atoms with E-state index in [2.05, 4.69) is 6.58 Å². The number of rotatable bonds is 12. The van der Waals surface area contributed by atoms with Gasteiger partial charge < -0.3 is 24.4 Å². The molecule has 0 saturated heterocycles. The van der Waals surface area contributed by atoms with Gasteiger partial charge in [-0.05, 0) is 6.08 Å². The van der Waals surface area contributed by atoms with Crippen molar-refractivity contribution in [3.63, 3.8) is 0 Å². The van der Waals surface area contributed by atoms with E-state index >= 15 is 0 Å². The molecule has 100 valence electrons. The summed E-state index contributed by atoms with van der Waals surface area (Å²) in [7, 11) is 0. The maximum atomic E-state index is 10.9. The van der Waals surface area contributed by atoms with Crippen LogP contribution in [0.2, 0.25) is 0 Å². The Labute approximate surface area is 101 Å². The molecule has 6 nitrogen and oxygen atoms in total. The summed E-state index contributed by atoms with van der Waals surface area (Å²) in [4.78, 5) is 10.9. The Bertz CT molecular complexity index is 206. The second kappa shape index (κ2) is 11.7. The standard InChI is InChI=1S/C11H20O6/c1-2-10(13)11(14)9-17-8-7-16-6-5-15-4-3-12/h2,11-12,14H,1,3-9H2. The highest BCUT2D eigenvalue weighted by Gasteiger charge is 2.10. The second-order valence-corrected chi connectivity index (χ2v) is 3.15. The van der Waals surface area contributed by atoms with Crippen LogP contribution in [0.3, 0.4) is 0 Å². The molecule has 2 N–H and O–H groups in total. The third-order valence-electron chi connectivity index (χ3n) is 1.78. The van der Waals surface area contributed by atoms with Gasteiger partial charge in [-0.3, -0.25) is 4.79 Å². The molecule has 0 radical (unpaired) electrons. The van der Waals surface area contributed by atoms with Crippen molar-refractivity contribution in [1.82, 2.24) is 0 Å². The predicted octanol–water partition coefficient (Wildman–Crippen LogP) is -0.855. The Kier molecular flexibility index (Phi) is 11.1. The molecule has 0 saturated carbocycles. The molecule has 0 fully saturated rings. The van der Waals surface area contributed by atoms with Gasteiger partial charge in [-0.1, -0.05) is 6.58 Å². The van der Waals surface area contributed by atoms with Crippen LogP contribution in [-0.2, 0) is 19.0 Å². The number of hydrogen-bond acceptors (Lipinski definition) is 6. The van der Waals surface area contributed by atoms with Gasteiger partial charge in [0.1, 0.15) is 6.10 Å². The second-order valence-electron chi connectivity index (χ2n) is 3.15. The average molecular weight is 248 g/mol. The molecule has 6 heteroatoms. The zero-order valence-electron chi connectivity index (χ0n) is 9.84. The first kappa shape index (κ1) is 16.2. The molecular formula is C11H20O6. The molecule has 1 unspecified atom stereocenters. The fraction of sp³-hybridized carbons (Fsp3) is 0.727. The topological polar surface area (TPSA) is 85.2 Å². The molecule has 0 aliphatic heterocycles. The van der Waals surface area contributed by atoms with E-state index in [0.29, 0.717) is 33.0 Å². The molecule has 0 amide bonds. The van der Waals surface area contributed by atoms with Crippen LogP contribution in [0.1, 0.15) is 0 Å². The number of ether oxygens (including phenoxy) is 3. The van der Waals surface area contributed by atoms with Gasteiger partial charge >= 0.3 is 0 Å². The molecule has 1 atom stereocenters. The van der Waals surface area contributed by atoms with E-state index in [-0.39, 0.29) is 13.2 Å². The first-order valence-electron chi connectivity index (χ1n) is 5.40. The zero-order valence-corrected chi connectivity index (χ0v) is 9.84. The third-order valence-corrected chi connectivity index (χ3v) is 1.78. The summed E-state index contributed by atoms with van der Waals surface area (Å²) in [6.07, 6.45) is -0.0939. The predicted molar refractivity (Wildman–Crippen MR) is 60.8 cm³/mol. The average Bonchev–Trinajstić information content (AvgIpc) is 2.35. The van der Waals surface area contributed by atoms with Gasteiger partial charge in [-0.15, -0.1) is 0 Å². The van der Waals surface area contributed by atoms with Crippen molar-refractivity contribution in [3.8, 4) is 0 Å². The van der Waals surface area contributed by atoms with E-state index in [9.17, 15) is 9.90 Å². The summed E-state index contributed by atoms with van der Waals surface area (Å²) in [5, 5.41) is 17.6. The van der Waals surface area contributed by atoms with Crippen molar-refractivity contribution in [2.75, 3.05) is 46.2 Å². The number of aliphatic hydroxyl groups is 2. The molecule has 0 spiro atoms. The van der Waals surface area contributed by atoms with Crippen LogP contribution in [0.4, 0.5) is 0 Å². The van der Waals surface area contributed by atoms with Gasteiger partial charge in [0.25, 0.3) is 0 Å². The largest absolute Gasteiger partial charge is 0.394 e. The Balaban J connectivity index is 3.18. The van der Waals surface area contributed by atoms with Crippen molar-refractivity contribution < 1.29 is 29.2 Å². The van der Waals surface area contributed by atoms with Gasteiger partial charge in [0.15, 0.2) is 5.78 Å². The maximum Gasteiger partial charge on any atom is 0.185 e. The summed E-state index contributed by atoms with van der Waals surface area (Å²) in [6, 6.07) is 0. The van der Waals surface area contributed by atoms with E-state index < -0.39 is 11.9 Å². The lowest BCUT2D eigenvalue weighted by Gasteiger charge is -2.08. The van der Waals surface area contributed by atoms with Gasteiger partial charge in [0.2, 0.25) is 0 Å². The van der Waals surface area contributed by atoms with Crippen LogP contribution in [0.15, 0.2) is 12.7 Å². The van der Waals surface area contributed by atoms with Gasteiger partial charge in [-0.25, -0.2) is 0 Å². The highest BCUT2D eigenvalue weighted by molar-refractivity contribution is 5.92. The minimum atomic E-state index is -1.15. The molecule has 0 heterocycles. The summed E-state index contributed by atoms with van der Waals surface area (Å²) in [5.41, 5.74) is 0. The molecule has 0 aliphatic rings. The fourth-order valence-electron chi connectivity index (χ4n) is 0.918. The lowest BCUT2D eigenvalue weighted by Crippen LogP contribution is -2.25. The van der Waals surface area contributed by atoms with Crippen LogP contribution in [0.5, 0.6) is 0 Å². The van der Waals surface area contributed by atoms with Crippen molar-refractivity contribution in [2.45, 2.75) is 6.10 Å². The van der Waals surface area contributed by atoms with E-state index in [1.807, 2.05) is 0 Å². The number of aliphatic hydroxyl groups excluding tert-OH is 2. The molecular weight excluding hydrogens is 228 g/mol. The van der Waals surface area contributed by atoms with Crippen LogP contribution >= 0.6 is 0 Å². The van der Waals surface area contributed by atoms with Crippen LogP contribution in [0.25, 0.3) is 0 Å². The van der Waals surface area contributed by atoms with E-state index in [1.54, 1.807) is 0 Å². The quantitative estimate of drug-likeness (QED) is 0.345. The van der Waals surface area contributed by atoms with Crippen LogP contribution < -0.4 is 0 Å². The van der Waals surface area contributed by atoms with Crippen LogP contribution in [-0.4, -0.2) is 68.3 Å². The molecule has 0 aromatic heterocycles. The minimum absolute atomic E-state index is 0.00166. The summed E-state index contributed by atoms with van der Waals surface area (Å²) >= 11 is 0. The number of hydrogen-bond donors (Lipinski definition) is 2. The third kappa shape index (κ3) is 10.1. The Morgan fingerprint density at radius 3 is 2.18 bits per heavy atom. The number of carbonyl (C=O) groups is 1. The number of carbonyl (C=O) groups excluding carboxylic acids is 1. The molecule has 0 aromatic carbocycles. The Hall–Kier alpha value is -0.790. The van der Waals surface area contributed by atoms with Crippen molar-refractivity contribution in [3.05, 3.63) is 12.7 Å². The maximum absolute atomic E-state index is 10.9. The van der Waals surface area contributed by atoms with E-state index in [1.165, 1.54) is 0 Å². The molecule has 17 heavy (non-hydrogen) atoms. The van der Waals surface area contributed by atoms with Gasteiger partial charge in [0.05, 0.1) is 46.2 Å². The summed E-state index contributed by atoms with van der Waals surface area (Å²) in [6.45, 7) is 4.97. The molecule has 0 rings (SSSR count). The Morgan fingerprint density at radius 2 is 1.65 bits per heavy atom. The first-order chi connectivity index (χ1) is 8.22. The highest BCUT2D eigenvalue weighted by Crippen LogP contribution is 1.89. The number of ketones is 1. The molecule has 0 bridgehead atoms. The van der Waals surface area contributed by atoms with E-state index in [0.717, 1.165) is 6.08 Å². The monoisotopic (exact) mass is 248 g/mol. The smallest absolute Gasteiger partial charge is 0.185 e. The summed E-state index contributed by atoms with van der Waals surface area (Å²) in [5.74, 6) is -0.455. The zero-order chi connectivity index (χ0) is 12.9. The van der Waals surface area contributed by atoms with E-state index in [4.69, 9.17) is 19.3 Å². The Morgan fingerprint density at radius 1 is 1.12 bits per heavy atom. The highest BCUT2D eigenvalue weighted by atomic mass is 16.5. The molecule has 0 aliphatic carbocycles. The minimum Gasteiger partial charge on any atom is -0.394 e.